The van der Waals surface area contributed by atoms with Crippen LogP contribution in [0.4, 0.5) is 0 Å². The van der Waals surface area contributed by atoms with Gasteiger partial charge in [-0.25, -0.2) is 0 Å². The van der Waals surface area contributed by atoms with E-state index in [9.17, 15) is 4.79 Å². The van der Waals surface area contributed by atoms with Crippen molar-refractivity contribution in [3.63, 3.8) is 0 Å². The summed E-state index contributed by atoms with van der Waals surface area (Å²) in [6.07, 6.45) is 2.96. The highest BCUT2D eigenvalue weighted by Crippen LogP contribution is 2.58. The lowest BCUT2D eigenvalue weighted by molar-refractivity contribution is -0.129. The second-order valence-corrected chi connectivity index (χ2v) is 5.18. The van der Waals surface area contributed by atoms with Gasteiger partial charge in [0.05, 0.1) is 0 Å². The van der Waals surface area contributed by atoms with Crippen molar-refractivity contribution in [3.8, 4) is 0 Å². The number of carbonyl (C=O) groups excluding carboxylic acids is 1. The van der Waals surface area contributed by atoms with Gasteiger partial charge < -0.3 is 0 Å². The molecule has 0 aromatic carbocycles. The molecule has 11 heavy (non-hydrogen) atoms. The van der Waals surface area contributed by atoms with Crippen LogP contribution in [-0.2, 0) is 4.79 Å². The van der Waals surface area contributed by atoms with Gasteiger partial charge in [-0.3, -0.25) is 4.79 Å². The number of hydrogen-bond donors (Lipinski definition) is 0. The minimum atomic E-state index is -0.464. The minimum Gasteiger partial charge on any atom is -0.297 e. The maximum Gasteiger partial charge on any atom is 0.159 e. The second kappa shape index (κ2) is 1.82. The van der Waals surface area contributed by atoms with Crippen molar-refractivity contribution in [1.82, 2.24) is 0 Å². The van der Waals surface area contributed by atoms with Crippen LogP contribution in [0.1, 0.15) is 33.1 Å². The summed E-state index contributed by atoms with van der Waals surface area (Å²) in [5.41, 5.74) is -0.139. The Balaban J connectivity index is 2.42. The number of alkyl halides is 1. The molecule has 0 spiro atoms. The summed E-state index contributed by atoms with van der Waals surface area (Å²) in [6, 6.07) is 0. The Labute approximate surface area is 72.1 Å². The third-order valence-corrected chi connectivity index (χ3v) is 3.99. The number of rotatable bonds is 0. The lowest BCUT2D eigenvalue weighted by Gasteiger charge is -2.29. The zero-order valence-electron chi connectivity index (χ0n) is 6.98. The molecule has 62 valence electrons. The molecule has 2 bridgehead atoms. The normalized spacial score (nSPS) is 46.8. The Morgan fingerprint density at radius 1 is 1.55 bits per heavy atom. The van der Waals surface area contributed by atoms with Crippen LogP contribution >= 0.6 is 11.6 Å². The molecule has 2 heteroatoms. The first-order valence-corrected chi connectivity index (χ1v) is 4.58. The molecule has 2 rings (SSSR count). The predicted octanol–water partition coefficient (Wildman–Crippen LogP) is 2.37. The van der Waals surface area contributed by atoms with Crippen molar-refractivity contribution in [1.29, 1.82) is 0 Å². The molecular weight excluding hydrogens is 160 g/mol. The van der Waals surface area contributed by atoms with Crippen molar-refractivity contribution >= 4 is 17.4 Å². The first-order valence-electron chi connectivity index (χ1n) is 4.21. The van der Waals surface area contributed by atoms with Gasteiger partial charge in [0.2, 0.25) is 0 Å². The van der Waals surface area contributed by atoms with E-state index in [-0.39, 0.29) is 11.2 Å². The Morgan fingerprint density at radius 3 is 2.45 bits per heavy atom. The molecule has 0 aromatic heterocycles. The summed E-state index contributed by atoms with van der Waals surface area (Å²) in [5.74, 6) is 0.829. The monoisotopic (exact) mass is 172 g/mol. The van der Waals surface area contributed by atoms with Gasteiger partial charge in [-0.1, -0.05) is 13.8 Å². The number of Topliss-reactive ketones (excluding diaryl/α,β-unsaturated/α-hetero) is 1. The summed E-state index contributed by atoms with van der Waals surface area (Å²) in [4.78, 5) is 11.2. The van der Waals surface area contributed by atoms with Crippen LogP contribution in [0.25, 0.3) is 0 Å². The van der Waals surface area contributed by atoms with E-state index in [2.05, 4.69) is 0 Å². The summed E-state index contributed by atoms with van der Waals surface area (Å²) in [6.45, 7) is 4.06. The molecule has 2 atom stereocenters. The number of hydrogen-bond acceptors (Lipinski definition) is 1. The molecule has 0 N–H and O–H groups in total. The van der Waals surface area contributed by atoms with Crippen LogP contribution in [0.15, 0.2) is 0 Å². The quantitative estimate of drug-likeness (QED) is 0.513. The molecule has 2 aliphatic carbocycles. The zero-order valence-corrected chi connectivity index (χ0v) is 7.74. The Morgan fingerprint density at radius 2 is 2.18 bits per heavy atom. The van der Waals surface area contributed by atoms with Crippen molar-refractivity contribution in [3.05, 3.63) is 0 Å². The molecule has 0 heterocycles. The smallest absolute Gasteiger partial charge is 0.159 e. The van der Waals surface area contributed by atoms with Crippen molar-refractivity contribution in [2.24, 2.45) is 11.3 Å². The molecule has 0 aromatic rings. The third kappa shape index (κ3) is 0.752. The molecule has 0 unspecified atom stereocenters. The van der Waals surface area contributed by atoms with E-state index in [4.69, 9.17) is 11.6 Å². The summed E-state index contributed by atoms with van der Waals surface area (Å²) in [5, 5.41) is 0. The van der Waals surface area contributed by atoms with E-state index >= 15 is 0 Å². The zero-order chi connectivity index (χ0) is 8.28. The Bertz CT molecular complexity index is 215. The summed E-state index contributed by atoms with van der Waals surface area (Å²) in [7, 11) is 0. The molecule has 2 saturated carbocycles. The fraction of sp³-hybridized carbons (Fsp3) is 0.889. The molecule has 0 amide bonds. The molecule has 2 aliphatic rings. The van der Waals surface area contributed by atoms with Gasteiger partial charge in [0.1, 0.15) is 4.87 Å². The van der Waals surface area contributed by atoms with Crippen molar-refractivity contribution < 1.29 is 4.79 Å². The average molecular weight is 173 g/mol. The van der Waals surface area contributed by atoms with Gasteiger partial charge in [0.15, 0.2) is 5.78 Å². The molecule has 1 nitrogen and oxygen atoms in total. The van der Waals surface area contributed by atoms with Gasteiger partial charge in [-0.2, -0.15) is 0 Å². The van der Waals surface area contributed by atoms with Gasteiger partial charge in [-0.05, 0) is 25.2 Å². The minimum absolute atomic E-state index is 0.139. The van der Waals surface area contributed by atoms with Gasteiger partial charge in [-0.15, -0.1) is 11.6 Å². The molecule has 2 fully saturated rings. The highest BCUT2D eigenvalue weighted by Gasteiger charge is 2.60. The van der Waals surface area contributed by atoms with E-state index in [0.29, 0.717) is 5.92 Å². The van der Waals surface area contributed by atoms with E-state index in [0.717, 1.165) is 19.3 Å². The lowest BCUT2D eigenvalue weighted by Crippen LogP contribution is -2.37. The predicted molar refractivity (Wildman–Crippen MR) is 44.7 cm³/mol. The van der Waals surface area contributed by atoms with Crippen molar-refractivity contribution in [2.75, 3.05) is 0 Å². The third-order valence-electron chi connectivity index (χ3n) is 3.47. The van der Waals surface area contributed by atoms with Crippen molar-refractivity contribution in [2.45, 2.75) is 38.0 Å². The van der Waals surface area contributed by atoms with E-state index in [1.165, 1.54) is 0 Å². The lowest BCUT2D eigenvalue weighted by atomic mass is 9.75. The number of carbonyl (C=O) groups is 1. The SMILES string of the molecule is CC1(C)C(=O)[C@]2(Cl)CC[C@H]1C2. The van der Waals surface area contributed by atoms with E-state index in [1.807, 2.05) is 13.8 Å². The fourth-order valence-electron chi connectivity index (χ4n) is 2.58. The highest BCUT2D eigenvalue weighted by molar-refractivity contribution is 6.37. The number of ketones is 1. The maximum absolute atomic E-state index is 11.7. The Kier molecular flexibility index (Phi) is 1.26. The Hall–Kier alpha value is -0.0400. The van der Waals surface area contributed by atoms with Crippen LogP contribution in [0.3, 0.4) is 0 Å². The number of halogens is 1. The molecule has 0 radical (unpaired) electrons. The summed E-state index contributed by atoms with van der Waals surface area (Å²) >= 11 is 6.18. The van der Waals surface area contributed by atoms with E-state index < -0.39 is 4.87 Å². The first-order chi connectivity index (χ1) is 4.97. The highest BCUT2D eigenvalue weighted by atomic mass is 35.5. The fourth-order valence-corrected chi connectivity index (χ4v) is 3.12. The molecule has 0 saturated heterocycles. The van der Waals surface area contributed by atoms with Crippen LogP contribution in [0, 0.1) is 11.3 Å². The first kappa shape index (κ1) is 7.60. The average Bonchev–Trinajstić information content (AvgIpc) is 2.36. The van der Waals surface area contributed by atoms with Crippen LogP contribution in [-0.4, -0.2) is 10.7 Å². The van der Waals surface area contributed by atoms with Crippen LogP contribution in [0.5, 0.6) is 0 Å². The standard InChI is InChI=1S/C9H13ClO/c1-8(2)6-3-4-9(10,5-6)7(8)11/h6H,3-5H2,1-2H3/t6-,9-/m0/s1. The van der Waals surface area contributed by atoms with Gasteiger partial charge >= 0.3 is 0 Å². The number of fused-ring (bicyclic) bond motifs is 2. The van der Waals surface area contributed by atoms with Gasteiger partial charge in [0, 0.05) is 5.41 Å². The maximum atomic E-state index is 11.7. The van der Waals surface area contributed by atoms with Crippen LogP contribution < -0.4 is 0 Å². The van der Waals surface area contributed by atoms with Crippen LogP contribution in [0.2, 0.25) is 0 Å². The topological polar surface area (TPSA) is 17.1 Å². The molecule has 0 aliphatic heterocycles. The largest absolute Gasteiger partial charge is 0.297 e. The van der Waals surface area contributed by atoms with E-state index in [1.54, 1.807) is 0 Å². The molecular formula is C9H13ClO. The van der Waals surface area contributed by atoms with Gasteiger partial charge in [0.25, 0.3) is 0 Å². The second-order valence-electron chi connectivity index (χ2n) is 4.46. The summed E-state index contributed by atoms with van der Waals surface area (Å²) < 4.78 is 0.